The van der Waals surface area contributed by atoms with Gasteiger partial charge in [0.1, 0.15) is 11.7 Å². The normalized spacial score (nSPS) is 17.2. The number of nitrogens with one attached hydrogen (secondary N) is 4. The third kappa shape index (κ3) is 4.26. The quantitative estimate of drug-likeness (QED) is 0.600. The standard InChI is InChI=1S/C19H21N5O3/c1-11-3-2-4-15-14(11)8-16(24-15)19(27)22-10-17(25)23-13(9-20)7-12-5-6-21-18(12)26/h2-4,8,12-13,24H,5-7,10H2,1H3,(H,21,26)(H,22,27)(H,23,25). The Morgan fingerprint density at radius 2 is 2.22 bits per heavy atom. The molecule has 140 valence electrons. The molecule has 1 aromatic heterocycles. The van der Waals surface area contributed by atoms with Crippen LogP contribution in [-0.2, 0) is 9.59 Å². The summed E-state index contributed by atoms with van der Waals surface area (Å²) >= 11 is 0. The second-order valence-electron chi connectivity index (χ2n) is 6.66. The number of H-pyrrole nitrogens is 1. The van der Waals surface area contributed by atoms with E-state index >= 15 is 0 Å². The summed E-state index contributed by atoms with van der Waals surface area (Å²) in [6.07, 6.45) is 0.923. The fourth-order valence-electron chi connectivity index (χ4n) is 3.23. The zero-order valence-electron chi connectivity index (χ0n) is 15.0. The van der Waals surface area contributed by atoms with Gasteiger partial charge in [0.05, 0.1) is 12.6 Å². The zero-order chi connectivity index (χ0) is 19.4. The molecule has 1 aromatic carbocycles. The molecular weight excluding hydrogens is 346 g/mol. The smallest absolute Gasteiger partial charge is 0.268 e. The molecule has 2 unspecified atom stereocenters. The van der Waals surface area contributed by atoms with Gasteiger partial charge in [-0.2, -0.15) is 5.26 Å². The van der Waals surface area contributed by atoms with Gasteiger partial charge < -0.3 is 20.9 Å². The molecule has 2 heterocycles. The van der Waals surface area contributed by atoms with Crippen molar-refractivity contribution in [3.8, 4) is 6.07 Å². The maximum Gasteiger partial charge on any atom is 0.268 e. The molecule has 2 atom stereocenters. The van der Waals surface area contributed by atoms with Crippen LogP contribution in [0.1, 0.15) is 28.9 Å². The van der Waals surface area contributed by atoms with E-state index in [0.717, 1.165) is 16.5 Å². The molecule has 1 aliphatic rings. The molecule has 0 aliphatic carbocycles. The van der Waals surface area contributed by atoms with Crippen LogP contribution >= 0.6 is 0 Å². The lowest BCUT2D eigenvalue weighted by molar-refractivity contribution is -0.124. The average molecular weight is 367 g/mol. The molecule has 0 saturated carbocycles. The number of fused-ring (bicyclic) bond motifs is 1. The zero-order valence-corrected chi connectivity index (χ0v) is 15.0. The minimum absolute atomic E-state index is 0.0908. The van der Waals surface area contributed by atoms with Crippen LogP contribution in [-0.4, -0.2) is 41.8 Å². The van der Waals surface area contributed by atoms with E-state index in [0.29, 0.717) is 18.7 Å². The molecule has 1 fully saturated rings. The lowest BCUT2D eigenvalue weighted by Gasteiger charge is -2.14. The number of aromatic nitrogens is 1. The number of nitriles is 1. The van der Waals surface area contributed by atoms with Crippen molar-refractivity contribution in [2.24, 2.45) is 5.92 Å². The van der Waals surface area contributed by atoms with Crippen molar-refractivity contribution >= 4 is 28.6 Å². The van der Waals surface area contributed by atoms with Gasteiger partial charge in [-0.15, -0.1) is 0 Å². The number of hydrogen-bond acceptors (Lipinski definition) is 4. The van der Waals surface area contributed by atoms with E-state index in [2.05, 4.69) is 20.9 Å². The second-order valence-corrected chi connectivity index (χ2v) is 6.66. The second kappa shape index (κ2) is 7.91. The lowest BCUT2D eigenvalue weighted by Crippen LogP contribution is -2.42. The first kappa shape index (κ1) is 18.5. The molecule has 27 heavy (non-hydrogen) atoms. The Balaban J connectivity index is 1.53. The Labute approximate surface area is 156 Å². The molecule has 3 rings (SSSR count). The van der Waals surface area contributed by atoms with Gasteiger partial charge in [-0.25, -0.2) is 0 Å². The number of benzene rings is 1. The van der Waals surface area contributed by atoms with Gasteiger partial charge in [-0.3, -0.25) is 14.4 Å². The van der Waals surface area contributed by atoms with E-state index < -0.39 is 17.9 Å². The monoisotopic (exact) mass is 367 g/mol. The van der Waals surface area contributed by atoms with Crippen LogP contribution in [0.4, 0.5) is 0 Å². The number of carbonyl (C=O) groups is 3. The highest BCUT2D eigenvalue weighted by Crippen LogP contribution is 2.19. The molecule has 8 heteroatoms. The van der Waals surface area contributed by atoms with Crippen LogP contribution in [0.15, 0.2) is 24.3 Å². The van der Waals surface area contributed by atoms with Crippen LogP contribution in [0.5, 0.6) is 0 Å². The summed E-state index contributed by atoms with van der Waals surface area (Å²) < 4.78 is 0. The predicted octanol–water partition coefficient (Wildman–Crippen LogP) is 0.741. The SMILES string of the molecule is Cc1cccc2[nH]c(C(=O)NCC(=O)NC(C#N)CC3CCNC3=O)cc12. The summed E-state index contributed by atoms with van der Waals surface area (Å²) in [7, 11) is 0. The van der Waals surface area contributed by atoms with E-state index in [9.17, 15) is 19.6 Å². The van der Waals surface area contributed by atoms with Crippen molar-refractivity contribution in [1.82, 2.24) is 20.9 Å². The summed E-state index contributed by atoms with van der Waals surface area (Å²) in [5.41, 5.74) is 2.27. The van der Waals surface area contributed by atoms with Crippen molar-refractivity contribution < 1.29 is 14.4 Å². The number of amides is 3. The summed E-state index contributed by atoms with van der Waals surface area (Å²) in [6, 6.07) is 8.71. The number of hydrogen-bond donors (Lipinski definition) is 4. The van der Waals surface area contributed by atoms with Crippen LogP contribution in [0.25, 0.3) is 10.9 Å². The molecule has 1 aliphatic heterocycles. The molecule has 0 bridgehead atoms. The highest BCUT2D eigenvalue weighted by molar-refractivity contribution is 6.00. The Kier molecular flexibility index (Phi) is 5.41. The Morgan fingerprint density at radius 1 is 1.41 bits per heavy atom. The molecule has 2 aromatic rings. The molecule has 4 N–H and O–H groups in total. The maximum absolute atomic E-state index is 12.3. The third-order valence-electron chi connectivity index (χ3n) is 4.71. The molecule has 0 radical (unpaired) electrons. The molecular formula is C19H21N5O3. The Bertz CT molecular complexity index is 927. The molecule has 0 spiro atoms. The van der Waals surface area contributed by atoms with Gasteiger partial charge in [0.25, 0.3) is 5.91 Å². The Morgan fingerprint density at radius 3 is 2.89 bits per heavy atom. The van der Waals surface area contributed by atoms with Crippen LogP contribution in [0.2, 0.25) is 0 Å². The van der Waals surface area contributed by atoms with E-state index in [4.69, 9.17) is 0 Å². The Hall–Kier alpha value is -3.34. The third-order valence-corrected chi connectivity index (χ3v) is 4.71. The van der Waals surface area contributed by atoms with Crippen molar-refractivity contribution in [2.45, 2.75) is 25.8 Å². The van der Waals surface area contributed by atoms with Gasteiger partial charge in [-0.1, -0.05) is 12.1 Å². The first-order valence-electron chi connectivity index (χ1n) is 8.81. The van der Waals surface area contributed by atoms with Gasteiger partial charge in [0, 0.05) is 23.4 Å². The summed E-state index contributed by atoms with van der Waals surface area (Å²) in [5.74, 6) is -1.23. The largest absolute Gasteiger partial charge is 0.356 e. The summed E-state index contributed by atoms with van der Waals surface area (Å²) in [6.45, 7) is 2.30. The summed E-state index contributed by atoms with van der Waals surface area (Å²) in [4.78, 5) is 38.9. The van der Waals surface area contributed by atoms with Crippen LogP contribution in [0.3, 0.4) is 0 Å². The van der Waals surface area contributed by atoms with E-state index in [1.165, 1.54) is 0 Å². The number of aromatic amines is 1. The molecule has 3 amide bonds. The first-order valence-corrected chi connectivity index (χ1v) is 8.81. The lowest BCUT2D eigenvalue weighted by atomic mass is 9.99. The molecule has 1 saturated heterocycles. The fraction of sp³-hybridized carbons (Fsp3) is 0.368. The van der Waals surface area contributed by atoms with Gasteiger partial charge in [0.15, 0.2) is 0 Å². The highest BCUT2D eigenvalue weighted by atomic mass is 16.2. The van der Waals surface area contributed by atoms with Crippen molar-refractivity contribution in [2.75, 3.05) is 13.1 Å². The van der Waals surface area contributed by atoms with Crippen molar-refractivity contribution in [1.29, 1.82) is 5.26 Å². The average Bonchev–Trinajstić information content (AvgIpc) is 3.26. The van der Waals surface area contributed by atoms with Gasteiger partial charge in [-0.05, 0) is 37.5 Å². The van der Waals surface area contributed by atoms with Gasteiger partial charge >= 0.3 is 0 Å². The summed E-state index contributed by atoms with van der Waals surface area (Å²) in [5, 5.41) is 17.9. The van der Waals surface area contributed by atoms with E-state index in [1.54, 1.807) is 6.07 Å². The van der Waals surface area contributed by atoms with E-state index in [1.807, 2.05) is 31.2 Å². The molecule has 8 nitrogen and oxygen atoms in total. The topological polar surface area (TPSA) is 127 Å². The van der Waals surface area contributed by atoms with Crippen molar-refractivity contribution in [3.63, 3.8) is 0 Å². The van der Waals surface area contributed by atoms with Crippen LogP contribution in [0, 0.1) is 24.2 Å². The highest BCUT2D eigenvalue weighted by Gasteiger charge is 2.27. The fourth-order valence-corrected chi connectivity index (χ4v) is 3.23. The van der Waals surface area contributed by atoms with Crippen molar-refractivity contribution in [3.05, 3.63) is 35.5 Å². The first-order chi connectivity index (χ1) is 13.0. The minimum atomic E-state index is -0.765. The number of rotatable bonds is 6. The maximum atomic E-state index is 12.3. The van der Waals surface area contributed by atoms with E-state index in [-0.39, 0.29) is 24.8 Å². The van der Waals surface area contributed by atoms with Gasteiger partial charge in [0.2, 0.25) is 11.8 Å². The number of nitrogens with zero attached hydrogens (tertiary/aromatic N) is 1. The number of carbonyl (C=O) groups excluding carboxylic acids is 3. The number of aryl methyl sites for hydroxylation is 1. The predicted molar refractivity (Wildman–Crippen MR) is 98.6 cm³/mol. The van der Waals surface area contributed by atoms with Crippen LogP contribution < -0.4 is 16.0 Å². The minimum Gasteiger partial charge on any atom is -0.356 e.